The van der Waals surface area contributed by atoms with Gasteiger partial charge in [-0.1, -0.05) is 47.1 Å². The van der Waals surface area contributed by atoms with Crippen LogP contribution in [0.15, 0.2) is 18.2 Å². The van der Waals surface area contributed by atoms with Crippen molar-refractivity contribution in [1.29, 1.82) is 0 Å². The summed E-state index contributed by atoms with van der Waals surface area (Å²) in [7, 11) is 0. The number of phenolic OH excluding ortho intramolecular Hbond substituents is 1. The molecule has 2 aliphatic carbocycles. The molecule has 0 bridgehead atoms. The second-order valence-electron chi connectivity index (χ2n) is 9.93. The number of hydrogen-bond acceptors (Lipinski definition) is 4. The molecular weight excluding hydrogens is 382 g/mol. The molecule has 3 unspecified atom stereocenters. The lowest BCUT2D eigenvalue weighted by molar-refractivity contribution is 0.00369. The van der Waals surface area contributed by atoms with Gasteiger partial charge in [-0.2, -0.15) is 11.8 Å². The van der Waals surface area contributed by atoms with Gasteiger partial charge < -0.3 is 15.2 Å². The van der Waals surface area contributed by atoms with E-state index in [1.807, 2.05) is 12.1 Å². The maximum Gasteiger partial charge on any atom is 0.407 e. The maximum atomic E-state index is 13.0. The number of carbonyl (C=O) groups is 1. The molecule has 0 spiro atoms. The summed E-state index contributed by atoms with van der Waals surface area (Å²) in [5.74, 6) is 1.82. The van der Waals surface area contributed by atoms with Crippen molar-refractivity contribution in [3.8, 4) is 5.75 Å². The van der Waals surface area contributed by atoms with E-state index in [0.29, 0.717) is 17.8 Å². The molecule has 0 saturated heterocycles. The van der Waals surface area contributed by atoms with Crippen LogP contribution in [-0.4, -0.2) is 34.9 Å². The summed E-state index contributed by atoms with van der Waals surface area (Å²) in [4.78, 5) is 13.0. The summed E-state index contributed by atoms with van der Waals surface area (Å²) in [5, 5.41) is 13.5. The highest BCUT2D eigenvalue weighted by molar-refractivity contribution is 7.99. The second kappa shape index (κ2) is 8.79. The van der Waals surface area contributed by atoms with Crippen LogP contribution in [0.25, 0.3) is 0 Å². The number of thioether (sulfide) groups is 1. The molecule has 2 N–H and O–H groups in total. The SMILES string of the molecule is CS[C@@H]1Cc2ccc(O)cc2C(C)(C)[C@H]1NC(=O)OC1CC(C)CCC1C(C)C. The largest absolute Gasteiger partial charge is 0.508 e. The molecule has 4 nitrogen and oxygen atoms in total. The van der Waals surface area contributed by atoms with Gasteiger partial charge in [0.1, 0.15) is 11.9 Å². The van der Waals surface area contributed by atoms with Gasteiger partial charge in [0.2, 0.25) is 0 Å². The predicted molar refractivity (Wildman–Crippen MR) is 121 cm³/mol. The van der Waals surface area contributed by atoms with Gasteiger partial charge in [0, 0.05) is 10.7 Å². The zero-order valence-corrected chi connectivity index (χ0v) is 19.5. The Hall–Kier alpha value is -1.36. The maximum absolute atomic E-state index is 13.0. The fourth-order valence-electron chi connectivity index (χ4n) is 5.35. The van der Waals surface area contributed by atoms with E-state index in [9.17, 15) is 9.90 Å². The Morgan fingerprint density at radius 1 is 1.31 bits per heavy atom. The smallest absolute Gasteiger partial charge is 0.407 e. The number of fused-ring (bicyclic) bond motifs is 1. The number of carbonyl (C=O) groups excluding carboxylic acids is 1. The highest BCUT2D eigenvalue weighted by Crippen LogP contribution is 2.42. The lowest BCUT2D eigenvalue weighted by atomic mass is 9.69. The molecule has 1 saturated carbocycles. The van der Waals surface area contributed by atoms with Crippen molar-refractivity contribution in [3.05, 3.63) is 29.3 Å². The molecule has 1 aromatic rings. The monoisotopic (exact) mass is 419 g/mol. The minimum atomic E-state index is -0.296. The number of nitrogens with one attached hydrogen (secondary N) is 1. The minimum absolute atomic E-state index is 0.00508. The van der Waals surface area contributed by atoms with Crippen molar-refractivity contribution in [3.63, 3.8) is 0 Å². The van der Waals surface area contributed by atoms with E-state index in [0.717, 1.165) is 24.8 Å². The molecular formula is C24H37NO3S. The molecule has 1 aromatic carbocycles. The van der Waals surface area contributed by atoms with Gasteiger partial charge in [-0.05, 0) is 66.5 Å². The van der Waals surface area contributed by atoms with E-state index in [-0.39, 0.29) is 34.7 Å². The van der Waals surface area contributed by atoms with Crippen molar-refractivity contribution in [1.82, 2.24) is 5.32 Å². The average Bonchev–Trinajstić information content (AvgIpc) is 2.64. The first-order valence-corrected chi connectivity index (χ1v) is 12.2. The van der Waals surface area contributed by atoms with Crippen LogP contribution >= 0.6 is 11.8 Å². The summed E-state index contributed by atoms with van der Waals surface area (Å²) in [6, 6.07) is 5.56. The topological polar surface area (TPSA) is 58.6 Å². The van der Waals surface area contributed by atoms with Crippen molar-refractivity contribution >= 4 is 17.9 Å². The van der Waals surface area contributed by atoms with E-state index >= 15 is 0 Å². The summed E-state index contributed by atoms with van der Waals surface area (Å²) < 4.78 is 6.03. The van der Waals surface area contributed by atoms with Crippen LogP contribution in [-0.2, 0) is 16.6 Å². The fraction of sp³-hybridized carbons (Fsp3) is 0.708. The third kappa shape index (κ3) is 4.70. The Labute approximate surface area is 180 Å². The van der Waals surface area contributed by atoms with Gasteiger partial charge in [-0.25, -0.2) is 4.79 Å². The summed E-state index contributed by atoms with van der Waals surface area (Å²) in [5.41, 5.74) is 2.06. The number of alkyl carbamates (subject to hydrolysis) is 1. The lowest BCUT2D eigenvalue weighted by Gasteiger charge is -2.45. The zero-order valence-electron chi connectivity index (χ0n) is 18.7. The van der Waals surface area contributed by atoms with Gasteiger partial charge in [0.05, 0.1) is 6.04 Å². The van der Waals surface area contributed by atoms with E-state index in [1.165, 1.54) is 12.0 Å². The van der Waals surface area contributed by atoms with Gasteiger partial charge in [-0.3, -0.25) is 0 Å². The quantitative estimate of drug-likeness (QED) is 0.675. The predicted octanol–water partition coefficient (Wildman–Crippen LogP) is 5.51. The highest BCUT2D eigenvalue weighted by Gasteiger charge is 2.44. The molecule has 5 atom stereocenters. The summed E-state index contributed by atoms with van der Waals surface area (Å²) in [6.45, 7) is 11.0. The fourth-order valence-corrected chi connectivity index (χ4v) is 6.38. The minimum Gasteiger partial charge on any atom is -0.508 e. The number of hydrogen-bond donors (Lipinski definition) is 2. The number of phenols is 1. The second-order valence-corrected chi connectivity index (χ2v) is 11.0. The molecule has 0 radical (unpaired) electrons. The average molecular weight is 420 g/mol. The van der Waals surface area contributed by atoms with Crippen LogP contribution in [0.4, 0.5) is 4.79 Å². The number of amides is 1. The summed E-state index contributed by atoms with van der Waals surface area (Å²) in [6.07, 6.45) is 5.97. The van der Waals surface area contributed by atoms with Gasteiger partial charge in [0.15, 0.2) is 0 Å². The first kappa shape index (κ1) is 22.3. The zero-order chi connectivity index (χ0) is 21.3. The van der Waals surface area contributed by atoms with Crippen molar-refractivity contribution in [2.24, 2.45) is 17.8 Å². The first-order valence-electron chi connectivity index (χ1n) is 11.0. The molecule has 2 aliphatic rings. The van der Waals surface area contributed by atoms with Crippen molar-refractivity contribution in [2.45, 2.75) is 83.1 Å². The third-order valence-corrected chi connectivity index (χ3v) is 8.20. The molecule has 1 fully saturated rings. The molecule has 1 amide bonds. The number of ether oxygens (including phenoxy) is 1. The Morgan fingerprint density at radius 2 is 2.03 bits per heavy atom. The standard InChI is InChI=1S/C24H37NO3S/c1-14(2)18-10-7-15(3)11-20(18)28-23(27)25-22-21(29-6)12-16-8-9-17(26)13-19(16)24(22,4)5/h8-9,13-15,18,20-22,26H,7,10-12H2,1-6H3,(H,25,27)/t15?,18?,20?,21-,22+/m1/s1. The lowest BCUT2D eigenvalue weighted by Crippen LogP contribution is -2.57. The first-order chi connectivity index (χ1) is 13.6. The molecule has 29 heavy (non-hydrogen) atoms. The van der Waals surface area contributed by atoms with Gasteiger partial charge in [-0.15, -0.1) is 0 Å². The van der Waals surface area contributed by atoms with Crippen LogP contribution in [0.1, 0.15) is 65.0 Å². The van der Waals surface area contributed by atoms with Gasteiger partial charge in [0.25, 0.3) is 0 Å². The molecule has 0 aliphatic heterocycles. The van der Waals surface area contributed by atoms with E-state index in [1.54, 1.807) is 17.8 Å². The van der Waals surface area contributed by atoms with Crippen LogP contribution in [0.2, 0.25) is 0 Å². The van der Waals surface area contributed by atoms with E-state index in [4.69, 9.17) is 4.74 Å². The van der Waals surface area contributed by atoms with Crippen LogP contribution in [0.5, 0.6) is 5.75 Å². The van der Waals surface area contributed by atoms with Crippen LogP contribution in [0, 0.1) is 17.8 Å². The molecule has 0 heterocycles. The number of aromatic hydroxyl groups is 1. The normalized spacial score (nSPS) is 31.2. The van der Waals surface area contributed by atoms with Gasteiger partial charge >= 0.3 is 6.09 Å². The molecule has 5 heteroatoms. The number of rotatable bonds is 4. The van der Waals surface area contributed by atoms with Crippen molar-refractivity contribution in [2.75, 3.05) is 6.26 Å². The third-order valence-electron chi connectivity index (χ3n) is 7.15. The summed E-state index contributed by atoms with van der Waals surface area (Å²) >= 11 is 1.79. The van der Waals surface area contributed by atoms with E-state index in [2.05, 4.69) is 46.2 Å². The highest BCUT2D eigenvalue weighted by atomic mass is 32.2. The van der Waals surface area contributed by atoms with Crippen LogP contribution < -0.4 is 5.32 Å². The molecule has 3 rings (SSSR count). The van der Waals surface area contributed by atoms with Crippen molar-refractivity contribution < 1.29 is 14.6 Å². The Morgan fingerprint density at radius 3 is 2.69 bits per heavy atom. The van der Waals surface area contributed by atoms with E-state index < -0.39 is 0 Å². The Bertz CT molecular complexity index is 733. The Kier molecular flexibility index (Phi) is 6.77. The number of benzene rings is 1. The molecule has 0 aromatic heterocycles. The van der Waals surface area contributed by atoms with Crippen LogP contribution in [0.3, 0.4) is 0 Å². The Balaban J connectivity index is 1.77. The molecule has 162 valence electrons.